The van der Waals surface area contributed by atoms with E-state index in [9.17, 15) is 4.79 Å². The lowest BCUT2D eigenvalue weighted by Crippen LogP contribution is -2.06. The van der Waals surface area contributed by atoms with Gasteiger partial charge in [-0.3, -0.25) is 9.48 Å². The molecule has 0 aliphatic carbocycles. The third-order valence-corrected chi connectivity index (χ3v) is 2.77. The second kappa shape index (κ2) is 10.3. The average molecular weight is 285 g/mol. The molecule has 0 atom stereocenters. The van der Waals surface area contributed by atoms with Crippen LogP contribution in [0, 0.1) is 0 Å². The van der Waals surface area contributed by atoms with E-state index in [4.69, 9.17) is 14.6 Å². The molecular formula is C13H23N3O4. The van der Waals surface area contributed by atoms with Crippen molar-refractivity contribution in [2.75, 3.05) is 26.9 Å². The first-order valence-corrected chi connectivity index (χ1v) is 6.90. The molecular weight excluding hydrogens is 262 g/mol. The SMILES string of the molecule is COCCOCCCn1cc(CCCCC(=O)O)nn1. The standard InChI is InChI=1S/C13H23N3O4/c1-19-9-10-20-8-4-7-16-11-12(14-15-16)5-2-3-6-13(17)18/h11H,2-10H2,1H3,(H,17,18). The third kappa shape index (κ3) is 7.85. The molecule has 0 saturated heterocycles. The van der Waals surface area contributed by atoms with Crippen LogP contribution in [0.4, 0.5) is 0 Å². The second-order valence-electron chi connectivity index (χ2n) is 4.53. The fourth-order valence-corrected chi connectivity index (χ4v) is 1.72. The molecule has 0 radical (unpaired) electrons. The van der Waals surface area contributed by atoms with E-state index in [0.717, 1.165) is 31.5 Å². The summed E-state index contributed by atoms with van der Waals surface area (Å²) in [5.41, 5.74) is 0.913. The number of nitrogens with zero attached hydrogens (tertiary/aromatic N) is 3. The molecule has 1 N–H and O–H groups in total. The summed E-state index contributed by atoms with van der Waals surface area (Å²) in [5.74, 6) is -0.748. The summed E-state index contributed by atoms with van der Waals surface area (Å²) in [4.78, 5) is 10.4. The third-order valence-electron chi connectivity index (χ3n) is 2.77. The molecule has 0 spiro atoms. The van der Waals surface area contributed by atoms with Crippen molar-refractivity contribution in [1.82, 2.24) is 15.0 Å². The number of aliphatic carboxylic acids is 1. The Morgan fingerprint density at radius 1 is 1.30 bits per heavy atom. The zero-order valence-electron chi connectivity index (χ0n) is 12.0. The number of carboxylic acid groups (broad SMARTS) is 1. The van der Waals surface area contributed by atoms with Gasteiger partial charge in [-0.2, -0.15) is 0 Å². The zero-order valence-corrected chi connectivity index (χ0v) is 12.0. The van der Waals surface area contributed by atoms with Crippen LogP contribution in [-0.2, 0) is 27.2 Å². The van der Waals surface area contributed by atoms with E-state index in [1.54, 1.807) is 11.8 Å². The summed E-state index contributed by atoms with van der Waals surface area (Å²) in [5, 5.41) is 16.6. The topological polar surface area (TPSA) is 86.5 Å². The van der Waals surface area contributed by atoms with E-state index in [-0.39, 0.29) is 6.42 Å². The Labute approximate surface area is 118 Å². The van der Waals surface area contributed by atoms with Crippen LogP contribution in [0.15, 0.2) is 6.20 Å². The number of unbranched alkanes of at least 4 members (excludes halogenated alkanes) is 1. The van der Waals surface area contributed by atoms with Gasteiger partial charge in [0.25, 0.3) is 0 Å². The maximum absolute atomic E-state index is 10.4. The molecule has 1 aromatic heterocycles. The normalized spacial score (nSPS) is 10.8. The summed E-state index contributed by atoms with van der Waals surface area (Å²) >= 11 is 0. The Morgan fingerprint density at radius 3 is 2.90 bits per heavy atom. The van der Waals surface area contributed by atoms with Crippen molar-refractivity contribution in [2.45, 2.75) is 38.6 Å². The smallest absolute Gasteiger partial charge is 0.303 e. The number of aryl methyl sites for hydroxylation is 2. The van der Waals surface area contributed by atoms with Gasteiger partial charge in [-0.15, -0.1) is 5.10 Å². The summed E-state index contributed by atoms with van der Waals surface area (Å²) in [6.07, 6.45) is 5.28. The van der Waals surface area contributed by atoms with E-state index in [0.29, 0.717) is 26.2 Å². The lowest BCUT2D eigenvalue weighted by atomic mass is 10.1. The van der Waals surface area contributed by atoms with Gasteiger partial charge in [0.15, 0.2) is 0 Å². The minimum Gasteiger partial charge on any atom is -0.481 e. The number of methoxy groups -OCH3 is 1. The van der Waals surface area contributed by atoms with E-state index >= 15 is 0 Å². The fraction of sp³-hybridized carbons (Fsp3) is 0.769. The van der Waals surface area contributed by atoms with Gasteiger partial charge in [-0.1, -0.05) is 5.21 Å². The minimum absolute atomic E-state index is 0.215. The Bertz CT molecular complexity index is 381. The summed E-state index contributed by atoms with van der Waals surface area (Å²) in [6, 6.07) is 0. The molecule has 7 heteroatoms. The minimum atomic E-state index is -0.748. The quantitative estimate of drug-likeness (QED) is 0.579. The predicted octanol–water partition coefficient (Wildman–Crippen LogP) is 1.13. The monoisotopic (exact) mass is 285 g/mol. The molecule has 1 heterocycles. The first-order chi connectivity index (χ1) is 9.72. The van der Waals surface area contributed by atoms with Crippen LogP contribution in [-0.4, -0.2) is 53.0 Å². The summed E-state index contributed by atoms with van der Waals surface area (Å²) < 4.78 is 12.0. The molecule has 1 aromatic rings. The van der Waals surface area contributed by atoms with Crippen molar-refractivity contribution in [3.63, 3.8) is 0 Å². The molecule has 1 rings (SSSR count). The molecule has 7 nitrogen and oxygen atoms in total. The van der Waals surface area contributed by atoms with Gasteiger partial charge in [0.1, 0.15) is 0 Å². The Hall–Kier alpha value is -1.47. The van der Waals surface area contributed by atoms with E-state index in [1.165, 1.54) is 0 Å². The fourth-order valence-electron chi connectivity index (χ4n) is 1.72. The molecule has 0 bridgehead atoms. The molecule has 0 aromatic carbocycles. The van der Waals surface area contributed by atoms with Gasteiger partial charge in [-0.05, 0) is 25.7 Å². The molecule has 0 saturated carbocycles. The zero-order chi connectivity index (χ0) is 14.6. The van der Waals surface area contributed by atoms with Crippen LogP contribution in [0.2, 0.25) is 0 Å². The average Bonchev–Trinajstić information content (AvgIpc) is 2.86. The number of ether oxygens (including phenoxy) is 2. The van der Waals surface area contributed by atoms with Crippen molar-refractivity contribution >= 4 is 5.97 Å². The van der Waals surface area contributed by atoms with E-state index in [2.05, 4.69) is 10.3 Å². The van der Waals surface area contributed by atoms with Gasteiger partial charge in [0, 0.05) is 32.9 Å². The summed E-state index contributed by atoms with van der Waals surface area (Å²) in [7, 11) is 1.65. The molecule has 0 aliphatic heterocycles. The van der Waals surface area contributed by atoms with Crippen molar-refractivity contribution in [1.29, 1.82) is 0 Å². The molecule has 114 valence electrons. The van der Waals surface area contributed by atoms with Crippen LogP contribution >= 0.6 is 0 Å². The number of carboxylic acids is 1. The number of hydrogen-bond acceptors (Lipinski definition) is 5. The number of aromatic nitrogens is 3. The Balaban J connectivity index is 2.08. The predicted molar refractivity (Wildman–Crippen MR) is 72.5 cm³/mol. The van der Waals surface area contributed by atoms with Crippen molar-refractivity contribution < 1.29 is 19.4 Å². The highest BCUT2D eigenvalue weighted by Gasteiger charge is 2.02. The second-order valence-corrected chi connectivity index (χ2v) is 4.53. The van der Waals surface area contributed by atoms with Gasteiger partial charge in [0.05, 0.1) is 18.9 Å². The van der Waals surface area contributed by atoms with Gasteiger partial charge < -0.3 is 14.6 Å². The molecule has 0 amide bonds. The molecule has 0 unspecified atom stereocenters. The van der Waals surface area contributed by atoms with E-state index < -0.39 is 5.97 Å². The van der Waals surface area contributed by atoms with Gasteiger partial charge in [0.2, 0.25) is 0 Å². The number of carbonyl (C=O) groups is 1. The highest BCUT2D eigenvalue weighted by atomic mass is 16.5. The number of rotatable bonds is 12. The molecule has 0 aliphatic rings. The lowest BCUT2D eigenvalue weighted by molar-refractivity contribution is -0.137. The largest absolute Gasteiger partial charge is 0.481 e. The van der Waals surface area contributed by atoms with Crippen LogP contribution in [0.25, 0.3) is 0 Å². The number of hydrogen-bond donors (Lipinski definition) is 1. The molecule has 20 heavy (non-hydrogen) atoms. The van der Waals surface area contributed by atoms with Gasteiger partial charge >= 0.3 is 5.97 Å². The summed E-state index contributed by atoms with van der Waals surface area (Å²) in [6.45, 7) is 2.68. The molecule has 0 fully saturated rings. The Kier molecular flexibility index (Phi) is 8.57. The highest BCUT2D eigenvalue weighted by Crippen LogP contribution is 2.03. The maximum Gasteiger partial charge on any atom is 0.303 e. The van der Waals surface area contributed by atoms with E-state index in [1.807, 2.05) is 6.20 Å². The van der Waals surface area contributed by atoms with Crippen molar-refractivity contribution in [3.8, 4) is 0 Å². The van der Waals surface area contributed by atoms with Crippen LogP contribution in [0.1, 0.15) is 31.4 Å². The van der Waals surface area contributed by atoms with Crippen LogP contribution < -0.4 is 0 Å². The first-order valence-electron chi connectivity index (χ1n) is 6.90. The lowest BCUT2D eigenvalue weighted by Gasteiger charge is -2.03. The Morgan fingerprint density at radius 2 is 2.15 bits per heavy atom. The van der Waals surface area contributed by atoms with Crippen molar-refractivity contribution in [3.05, 3.63) is 11.9 Å². The van der Waals surface area contributed by atoms with Crippen molar-refractivity contribution in [2.24, 2.45) is 0 Å². The van der Waals surface area contributed by atoms with Crippen LogP contribution in [0.5, 0.6) is 0 Å². The van der Waals surface area contributed by atoms with Crippen LogP contribution in [0.3, 0.4) is 0 Å². The first kappa shape index (κ1) is 16.6. The van der Waals surface area contributed by atoms with Gasteiger partial charge in [-0.25, -0.2) is 0 Å². The highest BCUT2D eigenvalue weighted by molar-refractivity contribution is 5.66. The maximum atomic E-state index is 10.4.